The molecule has 29 heavy (non-hydrogen) atoms. The Hall–Kier alpha value is -2.48. The Morgan fingerprint density at radius 3 is 2.41 bits per heavy atom. The number of carbonyl (C=O) groups is 3. The van der Waals surface area contributed by atoms with E-state index in [1.807, 2.05) is 0 Å². The van der Waals surface area contributed by atoms with Gasteiger partial charge in [-0.05, 0) is 18.8 Å². The van der Waals surface area contributed by atoms with Crippen LogP contribution in [0.5, 0.6) is 0 Å². The van der Waals surface area contributed by atoms with Gasteiger partial charge in [-0.15, -0.1) is 11.3 Å². The smallest absolute Gasteiger partial charge is 0.353 e. The molecule has 1 aromatic heterocycles. The fourth-order valence-electron chi connectivity index (χ4n) is 2.65. The van der Waals surface area contributed by atoms with Crippen molar-refractivity contribution in [2.75, 3.05) is 7.11 Å². The predicted molar refractivity (Wildman–Crippen MR) is 114 cm³/mol. The summed E-state index contributed by atoms with van der Waals surface area (Å²) in [7, 11) is 1.17. The number of hydrogen-bond acceptors (Lipinski definition) is 6. The van der Waals surface area contributed by atoms with Crippen molar-refractivity contribution in [3.8, 4) is 0 Å². The largest absolute Gasteiger partial charge is 0.464 e. The molecule has 1 aromatic rings. The average molecular weight is 422 g/mol. The van der Waals surface area contributed by atoms with Gasteiger partial charge in [0.1, 0.15) is 11.4 Å². The number of ether oxygens (including phenoxy) is 1. The van der Waals surface area contributed by atoms with E-state index in [0.29, 0.717) is 11.8 Å². The topological polar surface area (TPSA) is 97.4 Å². The summed E-state index contributed by atoms with van der Waals surface area (Å²) < 4.78 is 4.45. The molecule has 0 radical (unpaired) electrons. The monoisotopic (exact) mass is 421 g/mol. The number of hydrogen-bond donors (Lipinski definition) is 2. The first kappa shape index (κ1) is 24.6. The Bertz CT molecular complexity index is 757. The number of carbonyl (C=O) groups excluding carboxylic acids is 3. The van der Waals surface area contributed by atoms with Crippen LogP contribution in [0.4, 0.5) is 0 Å². The van der Waals surface area contributed by atoms with Gasteiger partial charge in [-0.25, -0.2) is 9.78 Å². The molecule has 2 amide bonds. The summed E-state index contributed by atoms with van der Waals surface area (Å²) in [4.78, 5) is 40.2. The molecule has 0 bridgehead atoms. The maximum atomic E-state index is 12.4. The lowest BCUT2D eigenvalue weighted by Gasteiger charge is -2.16. The molecule has 0 aliphatic rings. The Kier molecular flexibility index (Phi) is 10.3. The minimum Gasteiger partial charge on any atom is -0.464 e. The van der Waals surface area contributed by atoms with Gasteiger partial charge >= 0.3 is 5.97 Å². The van der Waals surface area contributed by atoms with Crippen LogP contribution in [0, 0.1) is 5.92 Å². The zero-order chi connectivity index (χ0) is 22.0. The first-order valence-electron chi connectivity index (χ1n) is 9.77. The molecule has 0 aromatic carbocycles. The van der Waals surface area contributed by atoms with E-state index in [2.05, 4.69) is 54.3 Å². The number of aromatic nitrogens is 1. The van der Waals surface area contributed by atoms with E-state index in [1.54, 1.807) is 5.38 Å². The molecule has 8 heteroatoms. The van der Waals surface area contributed by atoms with Crippen LogP contribution < -0.4 is 10.6 Å². The molecule has 160 valence electrons. The molecular formula is C21H31N3O4S. The van der Waals surface area contributed by atoms with Gasteiger partial charge < -0.3 is 15.4 Å². The van der Waals surface area contributed by atoms with Crippen molar-refractivity contribution in [3.63, 3.8) is 0 Å². The van der Waals surface area contributed by atoms with Gasteiger partial charge in [0.2, 0.25) is 0 Å². The molecule has 7 nitrogen and oxygen atoms in total. The zero-order valence-electron chi connectivity index (χ0n) is 17.7. The number of rotatable bonds is 12. The number of nitrogens with zero attached hydrogens (tertiary/aromatic N) is 1. The Balaban J connectivity index is 2.72. The van der Waals surface area contributed by atoms with E-state index in [1.165, 1.54) is 18.4 Å². The van der Waals surface area contributed by atoms with E-state index in [-0.39, 0.29) is 17.1 Å². The van der Waals surface area contributed by atoms with Crippen molar-refractivity contribution in [2.24, 2.45) is 5.92 Å². The van der Waals surface area contributed by atoms with Crippen molar-refractivity contribution in [2.45, 2.75) is 58.8 Å². The molecule has 0 saturated carbocycles. The van der Waals surface area contributed by atoms with Crippen LogP contribution in [0.3, 0.4) is 0 Å². The van der Waals surface area contributed by atoms with Crippen molar-refractivity contribution in [1.82, 2.24) is 15.6 Å². The summed E-state index contributed by atoms with van der Waals surface area (Å²) in [5, 5.41) is 7.26. The minimum atomic E-state index is -0.777. The summed E-state index contributed by atoms with van der Waals surface area (Å²) in [5.74, 6) is -1.05. The van der Waals surface area contributed by atoms with Crippen molar-refractivity contribution >= 4 is 29.1 Å². The maximum Gasteiger partial charge on any atom is 0.353 e. The predicted octanol–water partition coefficient (Wildman–Crippen LogP) is 3.90. The van der Waals surface area contributed by atoms with Crippen LogP contribution in [0.15, 0.2) is 29.9 Å². The third kappa shape index (κ3) is 7.81. The van der Waals surface area contributed by atoms with Crippen molar-refractivity contribution in [3.05, 3.63) is 40.6 Å². The highest BCUT2D eigenvalue weighted by molar-refractivity contribution is 7.09. The van der Waals surface area contributed by atoms with E-state index in [0.717, 1.165) is 37.1 Å². The minimum absolute atomic E-state index is 0.212. The molecule has 2 unspecified atom stereocenters. The quantitative estimate of drug-likeness (QED) is 0.394. The van der Waals surface area contributed by atoms with Crippen LogP contribution in [0.25, 0.3) is 0 Å². The third-order valence-electron chi connectivity index (χ3n) is 4.68. The lowest BCUT2D eigenvalue weighted by Crippen LogP contribution is -2.35. The lowest BCUT2D eigenvalue weighted by molar-refractivity contribution is -0.137. The average Bonchev–Trinajstić information content (AvgIpc) is 3.20. The van der Waals surface area contributed by atoms with Crippen molar-refractivity contribution in [1.29, 1.82) is 0 Å². The van der Waals surface area contributed by atoms with Gasteiger partial charge in [0, 0.05) is 11.3 Å². The number of methoxy groups -OCH3 is 1. The Morgan fingerprint density at radius 2 is 1.83 bits per heavy atom. The second-order valence-corrected chi connectivity index (χ2v) is 7.89. The standard InChI is InChI=1S/C21H31N3O4S/c1-7-9-16(11-10-13(3)8-2)20-24-17(12-29-20)19(26)22-14(4)18(25)23-15(5)21(27)28-6/h12-13,16H,4-5,7-11H2,1-3,6H3,(H,22,26)(H,23,25). The Labute approximate surface area is 176 Å². The number of esters is 1. The van der Waals surface area contributed by atoms with Crippen LogP contribution in [-0.2, 0) is 14.3 Å². The molecule has 1 heterocycles. The summed E-state index contributed by atoms with van der Waals surface area (Å²) in [6.07, 6.45) is 5.39. The van der Waals surface area contributed by atoms with E-state index >= 15 is 0 Å². The zero-order valence-corrected chi connectivity index (χ0v) is 18.5. The van der Waals surface area contributed by atoms with Crippen LogP contribution in [0.2, 0.25) is 0 Å². The normalized spacial score (nSPS) is 12.6. The van der Waals surface area contributed by atoms with E-state index < -0.39 is 17.8 Å². The fraction of sp³-hybridized carbons (Fsp3) is 0.524. The third-order valence-corrected chi connectivity index (χ3v) is 5.69. The van der Waals surface area contributed by atoms with Crippen LogP contribution in [0.1, 0.15) is 74.3 Å². The van der Waals surface area contributed by atoms with Gasteiger partial charge in [-0.3, -0.25) is 9.59 Å². The molecule has 0 saturated heterocycles. The van der Waals surface area contributed by atoms with Crippen molar-refractivity contribution < 1.29 is 19.1 Å². The number of thiazole rings is 1. The van der Waals surface area contributed by atoms with E-state index in [9.17, 15) is 14.4 Å². The number of amides is 2. The second-order valence-electron chi connectivity index (χ2n) is 7.00. The van der Waals surface area contributed by atoms with Gasteiger partial charge in [-0.1, -0.05) is 53.2 Å². The van der Waals surface area contributed by atoms with E-state index in [4.69, 9.17) is 0 Å². The first-order valence-corrected chi connectivity index (χ1v) is 10.7. The SMILES string of the molecule is C=C(NC(=O)c1csc(C(CCC)CCC(C)CC)n1)C(=O)NC(=C)C(=O)OC. The first-order chi connectivity index (χ1) is 13.7. The molecule has 2 N–H and O–H groups in total. The van der Waals surface area contributed by atoms with Gasteiger partial charge in [-0.2, -0.15) is 0 Å². The van der Waals surface area contributed by atoms with Gasteiger partial charge in [0.25, 0.3) is 11.8 Å². The van der Waals surface area contributed by atoms with Gasteiger partial charge in [0.05, 0.1) is 17.8 Å². The Morgan fingerprint density at radius 1 is 1.14 bits per heavy atom. The maximum absolute atomic E-state index is 12.4. The van der Waals surface area contributed by atoms with Crippen LogP contribution >= 0.6 is 11.3 Å². The highest BCUT2D eigenvalue weighted by Crippen LogP contribution is 2.31. The molecule has 1 rings (SSSR count). The molecule has 2 atom stereocenters. The fourth-order valence-corrected chi connectivity index (χ4v) is 3.62. The molecular weight excluding hydrogens is 390 g/mol. The second kappa shape index (κ2) is 12.2. The summed E-state index contributed by atoms with van der Waals surface area (Å²) >= 11 is 1.46. The highest BCUT2D eigenvalue weighted by Gasteiger charge is 2.20. The highest BCUT2D eigenvalue weighted by atomic mass is 32.1. The summed E-state index contributed by atoms with van der Waals surface area (Å²) in [6, 6.07) is 0. The lowest BCUT2D eigenvalue weighted by atomic mass is 9.93. The van der Waals surface area contributed by atoms with Gasteiger partial charge in [0.15, 0.2) is 0 Å². The number of nitrogens with one attached hydrogen (secondary N) is 2. The summed E-state index contributed by atoms with van der Waals surface area (Å²) in [6.45, 7) is 13.5. The summed E-state index contributed by atoms with van der Waals surface area (Å²) in [5.41, 5.74) is -0.209. The molecule has 0 aliphatic heterocycles. The molecule has 0 fully saturated rings. The molecule has 0 aliphatic carbocycles. The van der Waals surface area contributed by atoms with Crippen LogP contribution in [-0.4, -0.2) is 29.9 Å². The molecule has 0 spiro atoms.